The van der Waals surface area contributed by atoms with Gasteiger partial charge in [0.1, 0.15) is 0 Å². The molecule has 0 N–H and O–H groups in total. The Morgan fingerprint density at radius 3 is 2.12 bits per heavy atom. The SMILES string of the molecule is C[C]1([Zr+2])C2=C3Cc4ccccc4C3=C3C=CCCC3C2(C)C(C)(C)C(C)(C)C1(C)C.[Cl-].[Cl-]. The molecule has 1 saturated carbocycles. The summed E-state index contributed by atoms with van der Waals surface area (Å²) in [7, 11) is 0. The second kappa shape index (κ2) is 7.70. The van der Waals surface area contributed by atoms with Crippen molar-refractivity contribution in [3.8, 4) is 0 Å². The van der Waals surface area contributed by atoms with Gasteiger partial charge in [-0.2, -0.15) is 0 Å². The molecule has 171 valence electrons. The Labute approximate surface area is 223 Å². The molecule has 4 aliphatic rings. The van der Waals surface area contributed by atoms with E-state index in [1.54, 1.807) is 41.4 Å². The maximum Gasteiger partial charge on any atom is -1.00 e. The molecule has 0 bridgehead atoms. The summed E-state index contributed by atoms with van der Waals surface area (Å²) in [6, 6.07) is 9.23. The molecule has 0 radical (unpaired) electrons. The summed E-state index contributed by atoms with van der Waals surface area (Å²) in [4.78, 5) is 0. The van der Waals surface area contributed by atoms with E-state index in [0.717, 1.165) is 6.42 Å². The molecular weight excluding hydrogens is 510 g/mol. The predicted octanol–water partition coefficient (Wildman–Crippen LogP) is 2.10. The topological polar surface area (TPSA) is 0 Å². The van der Waals surface area contributed by atoms with Crippen LogP contribution in [0.4, 0.5) is 0 Å². The summed E-state index contributed by atoms with van der Waals surface area (Å²) in [5, 5.41) is 0. The average molecular weight is 548 g/mol. The van der Waals surface area contributed by atoms with Crippen LogP contribution in [0.25, 0.3) is 5.57 Å². The van der Waals surface area contributed by atoms with Crippen molar-refractivity contribution in [2.75, 3.05) is 0 Å². The molecule has 0 amide bonds. The zero-order chi connectivity index (χ0) is 21.9. The minimum Gasteiger partial charge on any atom is -1.00 e. The van der Waals surface area contributed by atoms with E-state index in [2.05, 4.69) is 91.8 Å². The molecule has 0 aromatic heterocycles. The van der Waals surface area contributed by atoms with E-state index in [-0.39, 0.29) is 49.6 Å². The van der Waals surface area contributed by atoms with Crippen molar-refractivity contribution < 1.29 is 49.5 Å². The first-order valence-electron chi connectivity index (χ1n) is 11.8. The van der Waals surface area contributed by atoms with Gasteiger partial charge in [0.15, 0.2) is 0 Å². The van der Waals surface area contributed by atoms with Crippen molar-refractivity contribution in [1.29, 1.82) is 0 Å². The van der Waals surface area contributed by atoms with E-state index in [1.165, 1.54) is 24.0 Å². The Bertz CT molecular complexity index is 1050. The predicted molar refractivity (Wildman–Crippen MR) is 124 cm³/mol. The Morgan fingerprint density at radius 1 is 0.844 bits per heavy atom. The molecule has 3 atom stereocenters. The van der Waals surface area contributed by atoms with Crippen LogP contribution in [0.2, 0.25) is 3.12 Å². The molecule has 1 aromatic rings. The molecule has 4 aliphatic carbocycles. The van der Waals surface area contributed by atoms with Gasteiger partial charge in [-0.3, -0.25) is 0 Å². The van der Waals surface area contributed by atoms with Crippen molar-refractivity contribution >= 4 is 5.57 Å². The maximum atomic E-state index is 2.66. The van der Waals surface area contributed by atoms with E-state index in [4.69, 9.17) is 0 Å². The van der Waals surface area contributed by atoms with Gasteiger partial charge in [-0.1, -0.05) is 0 Å². The normalized spacial score (nSPS) is 35.1. The van der Waals surface area contributed by atoms with Gasteiger partial charge in [0, 0.05) is 0 Å². The molecule has 32 heavy (non-hydrogen) atoms. The van der Waals surface area contributed by atoms with Gasteiger partial charge in [0.05, 0.1) is 0 Å². The van der Waals surface area contributed by atoms with Crippen LogP contribution in [0.5, 0.6) is 0 Å². The Balaban J connectivity index is 0.00000144. The molecule has 0 heterocycles. The number of allylic oxidation sites excluding steroid dienone is 6. The van der Waals surface area contributed by atoms with Gasteiger partial charge < -0.3 is 24.8 Å². The molecule has 1 fully saturated rings. The quantitative estimate of drug-likeness (QED) is 0.467. The molecule has 0 nitrogen and oxygen atoms in total. The maximum absolute atomic E-state index is 2.66. The summed E-state index contributed by atoms with van der Waals surface area (Å²) >= 11 is 1.67. The number of hydrogen-bond acceptors (Lipinski definition) is 0. The van der Waals surface area contributed by atoms with Crippen molar-refractivity contribution in [3.63, 3.8) is 0 Å². The monoisotopic (exact) mass is 545 g/mol. The van der Waals surface area contributed by atoms with Gasteiger partial charge in [-0.15, -0.1) is 0 Å². The Hall–Kier alpha value is -0.0969. The number of rotatable bonds is 0. The molecule has 3 heteroatoms. The molecular formula is C29H37Cl2Zr. The van der Waals surface area contributed by atoms with Crippen LogP contribution in [0.15, 0.2) is 53.1 Å². The van der Waals surface area contributed by atoms with Crippen molar-refractivity contribution in [2.45, 2.75) is 77.8 Å². The van der Waals surface area contributed by atoms with E-state index in [9.17, 15) is 0 Å². The fraction of sp³-hybridized carbons (Fsp3) is 0.586. The first-order chi connectivity index (χ1) is 13.8. The van der Waals surface area contributed by atoms with Crippen molar-refractivity contribution in [3.05, 3.63) is 64.3 Å². The van der Waals surface area contributed by atoms with Gasteiger partial charge in [0.2, 0.25) is 0 Å². The van der Waals surface area contributed by atoms with E-state index in [0.29, 0.717) is 5.92 Å². The minimum atomic E-state index is 0. The molecule has 0 aliphatic heterocycles. The molecule has 1 aromatic carbocycles. The summed E-state index contributed by atoms with van der Waals surface area (Å²) in [5.74, 6) is 0.618. The smallest absolute Gasteiger partial charge is 1.00 e. The summed E-state index contributed by atoms with van der Waals surface area (Å²) in [6.07, 6.45) is 8.58. The van der Waals surface area contributed by atoms with Crippen LogP contribution in [-0.4, -0.2) is 0 Å². The largest absolute Gasteiger partial charge is 1.00 e. The van der Waals surface area contributed by atoms with Gasteiger partial charge in [-0.25, -0.2) is 0 Å². The number of halogens is 2. The van der Waals surface area contributed by atoms with Crippen LogP contribution in [0.3, 0.4) is 0 Å². The van der Waals surface area contributed by atoms with Crippen LogP contribution < -0.4 is 24.8 Å². The second-order valence-corrected chi connectivity index (χ2v) is 14.7. The fourth-order valence-corrected chi connectivity index (χ4v) is 9.71. The number of hydrogen-bond donors (Lipinski definition) is 0. The zero-order valence-electron chi connectivity index (χ0n) is 20.9. The van der Waals surface area contributed by atoms with Crippen molar-refractivity contribution in [2.24, 2.45) is 27.6 Å². The number of fused-ring (bicyclic) bond motifs is 6. The van der Waals surface area contributed by atoms with Gasteiger partial charge >= 0.3 is 200 Å². The first kappa shape index (κ1) is 26.5. The second-order valence-electron chi connectivity index (χ2n) is 12.3. The summed E-state index contributed by atoms with van der Waals surface area (Å²) in [6.45, 7) is 20.8. The standard InChI is InChI=1S/C29H37.2ClH.Zr/c1-18-25-22-17-19-13-9-10-14-20(19)24(22)21-15-11-12-16-23(21)29(25,8)28(6,7)27(4,5)26(18,2)3;;;/h9-11,13-15,23H,12,16-17H2,1-8H3;2*1H;/q;;;+2/p-2. The molecule has 3 unspecified atom stereocenters. The average Bonchev–Trinajstić information content (AvgIpc) is 3.05. The van der Waals surface area contributed by atoms with E-state index < -0.39 is 0 Å². The third kappa shape index (κ3) is 2.72. The van der Waals surface area contributed by atoms with Gasteiger partial charge in [0.25, 0.3) is 0 Å². The van der Waals surface area contributed by atoms with Gasteiger partial charge in [-0.05, 0) is 0 Å². The Kier molecular flexibility index (Phi) is 6.38. The van der Waals surface area contributed by atoms with Crippen LogP contribution in [0, 0.1) is 27.6 Å². The van der Waals surface area contributed by atoms with Crippen LogP contribution in [0.1, 0.15) is 79.4 Å². The van der Waals surface area contributed by atoms with E-state index >= 15 is 0 Å². The van der Waals surface area contributed by atoms with Crippen LogP contribution in [-0.2, 0) is 31.1 Å². The molecule has 5 rings (SSSR count). The third-order valence-electron chi connectivity index (χ3n) is 11.2. The van der Waals surface area contributed by atoms with Crippen LogP contribution >= 0.6 is 0 Å². The van der Waals surface area contributed by atoms with E-state index in [1.807, 2.05) is 5.57 Å². The minimum absolute atomic E-state index is 0. The third-order valence-corrected chi connectivity index (χ3v) is 13.4. The molecule has 0 spiro atoms. The summed E-state index contributed by atoms with van der Waals surface area (Å²) in [5.41, 5.74) is 10.6. The Morgan fingerprint density at radius 2 is 1.47 bits per heavy atom. The summed E-state index contributed by atoms with van der Waals surface area (Å²) < 4.78 is 0.225. The first-order valence-corrected chi connectivity index (χ1v) is 13.0. The number of benzene rings is 1. The fourth-order valence-electron chi connectivity index (χ4n) is 7.93. The van der Waals surface area contributed by atoms with Crippen molar-refractivity contribution in [1.82, 2.24) is 0 Å². The molecule has 0 saturated heterocycles. The zero-order valence-corrected chi connectivity index (χ0v) is 24.9.